The van der Waals surface area contributed by atoms with Crippen LogP contribution in [-0.4, -0.2) is 41.0 Å². The van der Waals surface area contributed by atoms with E-state index in [2.05, 4.69) is 24.1 Å². The third-order valence-corrected chi connectivity index (χ3v) is 7.15. The highest BCUT2D eigenvalue weighted by Crippen LogP contribution is 2.30. The quantitative estimate of drug-likeness (QED) is 0.454. The number of likely N-dealkylation sites (tertiary alicyclic amines) is 1. The average molecular weight is 452 g/mol. The van der Waals surface area contributed by atoms with Crippen LogP contribution in [0, 0.1) is 5.82 Å². The number of benzene rings is 2. The lowest BCUT2D eigenvalue weighted by atomic mass is 9.97. The number of rotatable bonds is 7. The predicted octanol–water partition coefficient (Wildman–Crippen LogP) is 5.91. The lowest BCUT2D eigenvalue weighted by Gasteiger charge is -2.39. The van der Waals surface area contributed by atoms with E-state index in [1.54, 1.807) is 12.1 Å². The normalized spacial score (nSPS) is 19.2. The maximum atomic E-state index is 13.2. The van der Waals surface area contributed by atoms with Gasteiger partial charge in [-0.05, 0) is 69.5 Å². The molecule has 1 aromatic heterocycles. The summed E-state index contributed by atoms with van der Waals surface area (Å²) >= 11 is 1.43. The van der Waals surface area contributed by atoms with E-state index in [4.69, 9.17) is 4.98 Å². The van der Waals surface area contributed by atoms with Crippen LogP contribution in [0.2, 0.25) is 0 Å². The number of hydrogen-bond donors (Lipinski definition) is 1. The molecule has 0 unspecified atom stereocenters. The summed E-state index contributed by atoms with van der Waals surface area (Å²) in [5.41, 5.74) is 1.40. The minimum atomic E-state index is -0.269. The molecular weight excluding hydrogens is 421 g/mol. The van der Waals surface area contributed by atoms with Crippen LogP contribution in [0.25, 0.3) is 10.9 Å². The summed E-state index contributed by atoms with van der Waals surface area (Å²) in [7, 11) is 0. The van der Waals surface area contributed by atoms with Crippen LogP contribution in [0.3, 0.4) is 0 Å². The number of amides is 1. The molecule has 6 heteroatoms. The van der Waals surface area contributed by atoms with Gasteiger partial charge in [-0.15, -0.1) is 0 Å². The number of nitrogens with zero attached hydrogens (tertiary/aromatic N) is 2. The van der Waals surface area contributed by atoms with Gasteiger partial charge in [0.25, 0.3) is 5.91 Å². The fourth-order valence-corrected chi connectivity index (χ4v) is 5.32. The Morgan fingerprint density at radius 1 is 1.12 bits per heavy atom. The van der Waals surface area contributed by atoms with E-state index in [0.717, 1.165) is 33.8 Å². The molecule has 0 aliphatic carbocycles. The first-order valence-corrected chi connectivity index (χ1v) is 12.2. The van der Waals surface area contributed by atoms with Crippen molar-refractivity contribution >= 4 is 28.6 Å². The summed E-state index contributed by atoms with van der Waals surface area (Å²) in [4.78, 5) is 21.2. The molecule has 3 aromatic rings. The van der Waals surface area contributed by atoms with Crippen LogP contribution >= 0.6 is 11.8 Å². The Bertz CT molecular complexity index is 1060. The minimum Gasteiger partial charge on any atom is -0.352 e. The van der Waals surface area contributed by atoms with Crippen molar-refractivity contribution in [2.75, 3.05) is 13.1 Å². The van der Waals surface area contributed by atoms with Gasteiger partial charge in [-0.3, -0.25) is 9.69 Å². The molecule has 32 heavy (non-hydrogen) atoms. The molecule has 0 spiro atoms. The second kappa shape index (κ2) is 10.5. The van der Waals surface area contributed by atoms with Crippen molar-refractivity contribution in [3.63, 3.8) is 0 Å². The Morgan fingerprint density at radius 3 is 2.59 bits per heavy atom. The summed E-state index contributed by atoms with van der Waals surface area (Å²) in [5.74, 6) is -0.349. The summed E-state index contributed by atoms with van der Waals surface area (Å²) in [6.45, 7) is 6.26. The first-order chi connectivity index (χ1) is 15.5. The van der Waals surface area contributed by atoms with Gasteiger partial charge in [0.05, 0.1) is 11.1 Å². The Kier molecular flexibility index (Phi) is 7.43. The number of aromatic nitrogens is 1. The van der Waals surface area contributed by atoms with Crippen molar-refractivity contribution in [3.05, 3.63) is 66.0 Å². The minimum absolute atomic E-state index is 0.0794. The molecule has 2 atom stereocenters. The molecule has 0 saturated carbocycles. The van der Waals surface area contributed by atoms with Gasteiger partial charge in [0.2, 0.25) is 0 Å². The maximum absolute atomic E-state index is 13.2. The highest BCUT2D eigenvalue weighted by Gasteiger charge is 2.23. The van der Waals surface area contributed by atoms with Crippen molar-refractivity contribution in [3.8, 4) is 0 Å². The van der Waals surface area contributed by atoms with Gasteiger partial charge >= 0.3 is 0 Å². The second-order valence-corrected chi connectivity index (χ2v) is 9.65. The first-order valence-electron chi connectivity index (χ1n) is 11.4. The molecule has 4 nitrogen and oxygen atoms in total. The third-order valence-electron chi connectivity index (χ3n) is 6.23. The zero-order valence-corrected chi connectivity index (χ0v) is 19.5. The van der Waals surface area contributed by atoms with Gasteiger partial charge in [0.15, 0.2) is 0 Å². The van der Waals surface area contributed by atoms with Crippen LogP contribution in [0.5, 0.6) is 0 Å². The average Bonchev–Trinajstić information content (AvgIpc) is 2.79. The molecule has 1 N–H and O–H groups in total. The number of para-hydroxylation sites is 1. The highest BCUT2D eigenvalue weighted by atomic mass is 32.2. The fourth-order valence-electron chi connectivity index (χ4n) is 4.49. The number of halogens is 1. The topological polar surface area (TPSA) is 45.2 Å². The SMILES string of the molecule is C[C@H]1CCC[C@H](C)N1CCCNC(=O)c1cc(Sc2ccc(F)cc2)nc2ccccc12. The Balaban J connectivity index is 1.44. The van der Waals surface area contributed by atoms with Gasteiger partial charge in [-0.2, -0.15) is 0 Å². The number of pyridine rings is 1. The number of carbonyl (C=O) groups is 1. The largest absolute Gasteiger partial charge is 0.352 e. The van der Waals surface area contributed by atoms with E-state index in [-0.39, 0.29) is 11.7 Å². The molecule has 2 heterocycles. The van der Waals surface area contributed by atoms with E-state index in [9.17, 15) is 9.18 Å². The summed E-state index contributed by atoms with van der Waals surface area (Å²) in [6, 6.07) is 17.1. The number of nitrogens with one attached hydrogen (secondary N) is 1. The predicted molar refractivity (Wildman–Crippen MR) is 129 cm³/mol. The maximum Gasteiger partial charge on any atom is 0.252 e. The van der Waals surface area contributed by atoms with Gasteiger partial charge in [-0.25, -0.2) is 9.37 Å². The molecule has 168 valence electrons. The molecule has 1 amide bonds. The Labute approximate surface area is 193 Å². The van der Waals surface area contributed by atoms with Gasteiger partial charge in [0.1, 0.15) is 10.8 Å². The molecule has 1 aliphatic rings. The van der Waals surface area contributed by atoms with Crippen LogP contribution in [0.4, 0.5) is 4.39 Å². The molecule has 0 radical (unpaired) electrons. The number of fused-ring (bicyclic) bond motifs is 1. The molecule has 1 saturated heterocycles. The number of hydrogen-bond acceptors (Lipinski definition) is 4. The van der Waals surface area contributed by atoms with Crippen LogP contribution in [-0.2, 0) is 0 Å². The molecule has 0 bridgehead atoms. The van der Waals surface area contributed by atoms with E-state index in [1.165, 1.54) is 43.2 Å². The monoisotopic (exact) mass is 451 g/mol. The van der Waals surface area contributed by atoms with E-state index >= 15 is 0 Å². The zero-order chi connectivity index (χ0) is 22.5. The lowest BCUT2D eigenvalue weighted by molar-refractivity contribution is 0.0926. The standard InChI is InChI=1S/C26H30FN3OS/c1-18-7-5-8-19(2)30(18)16-6-15-28-26(31)23-17-25(29-24-10-4-3-9-22(23)24)32-21-13-11-20(27)12-14-21/h3-4,9-14,17-19H,5-8,15-16H2,1-2H3,(H,28,31)/t18-,19-/m0/s1. The van der Waals surface area contributed by atoms with Crippen molar-refractivity contribution in [1.82, 2.24) is 15.2 Å². The lowest BCUT2D eigenvalue weighted by Crippen LogP contribution is -2.44. The van der Waals surface area contributed by atoms with E-state index in [1.807, 2.05) is 30.3 Å². The molecule has 1 aliphatic heterocycles. The zero-order valence-electron chi connectivity index (χ0n) is 18.7. The highest BCUT2D eigenvalue weighted by molar-refractivity contribution is 7.99. The van der Waals surface area contributed by atoms with Crippen molar-refractivity contribution in [1.29, 1.82) is 0 Å². The van der Waals surface area contributed by atoms with Crippen LogP contribution < -0.4 is 5.32 Å². The molecular formula is C26H30FN3OS. The number of carbonyl (C=O) groups excluding carboxylic acids is 1. The summed E-state index contributed by atoms with van der Waals surface area (Å²) in [5, 5.41) is 4.67. The summed E-state index contributed by atoms with van der Waals surface area (Å²) in [6.07, 6.45) is 4.76. The van der Waals surface area contributed by atoms with Crippen LogP contribution in [0.15, 0.2) is 64.5 Å². The summed E-state index contributed by atoms with van der Waals surface area (Å²) < 4.78 is 13.2. The third kappa shape index (κ3) is 5.48. The number of piperidine rings is 1. The second-order valence-electron chi connectivity index (χ2n) is 8.56. The van der Waals surface area contributed by atoms with Crippen LogP contribution in [0.1, 0.15) is 49.9 Å². The van der Waals surface area contributed by atoms with Gasteiger partial charge < -0.3 is 5.32 Å². The molecule has 2 aromatic carbocycles. The smallest absolute Gasteiger partial charge is 0.252 e. The van der Waals surface area contributed by atoms with Crippen molar-refractivity contribution in [2.45, 2.75) is 61.5 Å². The fraction of sp³-hybridized carbons (Fsp3) is 0.385. The van der Waals surface area contributed by atoms with Crippen molar-refractivity contribution < 1.29 is 9.18 Å². The van der Waals surface area contributed by atoms with E-state index in [0.29, 0.717) is 24.2 Å². The van der Waals surface area contributed by atoms with Crippen molar-refractivity contribution in [2.24, 2.45) is 0 Å². The Morgan fingerprint density at radius 2 is 1.84 bits per heavy atom. The van der Waals surface area contributed by atoms with Gasteiger partial charge in [0, 0.05) is 35.5 Å². The van der Waals surface area contributed by atoms with E-state index < -0.39 is 0 Å². The molecule has 4 rings (SSSR count). The first kappa shape index (κ1) is 22.7. The van der Waals surface area contributed by atoms with Gasteiger partial charge in [-0.1, -0.05) is 36.4 Å². The molecule has 1 fully saturated rings. The Hall–Kier alpha value is -2.44.